The Balaban J connectivity index is 2.10. The monoisotopic (exact) mass is 289 g/mol. The first kappa shape index (κ1) is 15.1. The normalized spacial score (nSPS) is 13.7. The number of aromatic nitrogens is 4. The Morgan fingerprint density at radius 2 is 2.10 bits per heavy atom. The highest BCUT2D eigenvalue weighted by molar-refractivity contribution is 5.94. The van der Waals surface area contributed by atoms with E-state index in [1.54, 1.807) is 24.3 Å². The van der Waals surface area contributed by atoms with Crippen molar-refractivity contribution in [3.05, 3.63) is 36.2 Å². The summed E-state index contributed by atoms with van der Waals surface area (Å²) in [5.74, 6) is -0.156. The number of rotatable bonds is 6. The SMILES string of the molecule is CCC(C)(CCO)NC(=O)c1ccc(-n2cnnn2)cc1. The number of amides is 1. The Morgan fingerprint density at radius 1 is 1.38 bits per heavy atom. The van der Waals surface area contributed by atoms with Gasteiger partial charge in [0.25, 0.3) is 5.91 Å². The highest BCUT2D eigenvalue weighted by Gasteiger charge is 2.24. The first-order valence-electron chi connectivity index (χ1n) is 6.85. The lowest BCUT2D eigenvalue weighted by atomic mass is 9.94. The van der Waals surface area contributed by atoms with Gasteiger partial charge in [0.15, 0.2) is 0 Å². The molecule has 0 bridgehead atoms. The van der Waals surface area contributed by atoms with E-state index in [0.717, 1.165) is 12.1 Å². The minimum absolute atomic E-state index is 0.0445. The minimum atomic E-state index is -0.402. The zero-order valence-corrected chi connectivity index (χ0v) is 12.2. The summed E-state index contributed by atoms with van der Waals surface area (Å²) in [5, 5.41) is 23.0. The van der Waals surface area contributed by atoms with E-state index < -0.39 is 5.54 Å². The number of benzene rings is 1. The van der Waals surface area contributed by atoms with Crippen LogP contribution < -0.4 is 5.32 Å². The molecule has 2 aromatic rings. The van der Waals surface area contributed by atoms with Gasteiger partial charge in [0, 0.05) is 17.7 Å². The number of hydrogen-bond acceptors (Lipinski definition) is 5. The molecule has 0 spiro atoms. The first-order valence-corrected chi connectivity index (χ1v) is 6.85. The summed E-state index contributed by atoms with van der Waals surface area (Å²) >= 11 is 0. The molecule has 0 saturated heterocycles. The smallest absolute Gasteiger partial charge is 0.251 e. The molecule has 0 aliphatic rings. The molecule has 1 amide bonds. The van der Waals surface area contributed by atoms with Crippen LogP contribution in [0.25, 0.3) is 5.69 Å². The lowest BCUT2D eigenvalue weighted by Gasteiger charge is -2.29. The third-order valence-electron chi connectivity index (χ3n) is 3.60. The van der Waals surface area contributed by atoms with Gasteiger partial charge in [0.05, 0.1) is 5.69 Å². The fourth-order valence-corrected chi connectivity index (χ4v) is 1.97. The summed E-state index contributed by atoms with van der Waals surface area (Å²) in [6.07, 6.45) is 2.77. The second kappa shape index (κ2) is 6.45. The standard InChI is InChI=1S/C14H19N5O2/c1-3-14(2,8-9-20)16-13(21)11-4-6-12(7-5-11)19-10-15-17-18-19/h4-7,10,20H,3,8-9H2,1-2H3,(H,16,21). The maximum atomic E-state index is 12.3. The van der Waals surface area contributed by atoms with Crippen molar-refractivity contribution in [3.63, 3.8) is 0 Å². The Labute approximate surface area is 123 Å². The molecule has 1 aromatic heterocycles. The van der Waals surface area contributed by atoms with Crippen LogP contribution in [0.2, 0.25) is 0 Å². The highest BCUT2D eigenvalue weighted by Crippen LogP contribution is 2.15. The average Bonchev–Trinajstić information content (AvgIpc) is 3.02. The topological polar surface area (TPSA) is 92.9 Å². The van der Waals surface area contributed by atoms with Gasteiger partial charge in [0.2, 0.25) is 0 Å². The van der Waals surface area contributed by atoms with Crippen molar-refractivity contribution in [3.8, 4) is 5.69 Å². The maximum absolute atomic E-state index is 12.3. The van der Waals surface area contributed by atoms with Gasteiger partial charge < -0.3 is 10.4 Å². The van der Waals surface area contributed by atoms with E-state index >= 15 is 0 Å². The number of aliphatic hydroxyl groups is 1. The fraction of sp³-hybridized carbons (Fsp3) is 0.429. The Hall–Kier alpha value is -2.28. The van der Waals surface area contributed by atoms with Gasteiger partial charge in [-0.3, -0.25) is 4.79 Å². The molecule has 2 rings (SSSR count). The predicted octanol–water partition coefficient (Wildman–Crippen LogP) is 0.943. The number of tetrazole rings is 1. The lowest BCUT2D eigenvalue weighted by Crippen LogP contribution is -2.46. The van der Waals surface area contributed by atoms with Gasteiger partial charge in [-0.15, -0.1) is 5.10 Å². The van der Waals surface area contributed by atoms with Gasteiger partial charge >= 0.3 is 0 Å². The van der Waals surface area contributed by atoms with E-state index in [4.69, 9.17) is 5.11 Å². The van der Waals surface area contributed by atoms with Gasteiger partial charge in [-0.2, -0.15) is 0 Å². The second-order valence-electron chi connectivity index (χ2n) is 5.14. The van der Waals surface area contributed by atoms with Crippen LogP contribution in [0.15, 0.2) is 30.6 Å². The second-order valence-corrected chi connectivity index (χ2v) is 5.14. The minimum Gasteiger partial charge on any atom is -0.396 e. The molecule has 1 unspecified atom stereocenters. The predicted molar refractivity (Wildman–Crippen MR) is 77.0 cm³/mol. The molecule has 0 radical (unpaired) electrons. The Kier molecular flexibility index (Phi) is 4.64. The Morgan fingerprint density at radius 3 is 2.62 bits per heavy atom. The van der Waals surface area contributed by atoms with Crippen molar-refractivity contribution in [2.45, 2.75) is 32.2 Å². The summed E-state index contributed by atoms with van der Waals surface area (Å²) in [7, 11) is 0. The van der Waals surface area contributed by atoms with Crippen LogP contribution >= 0.6 is 0 Å². The lowest BCUT2D eigenvalue weighted by molar-refractivity contribution is 0.0886. The molecule has 1 aromatic carbocycles. The number of carbonyl (C=O) groups excluding carboxylic acids is 1. The molecule has 0 fully saturated rings. The van der Waals surface area contributed by atoms with E-state index in [1.807, 2.05) is 13.8 Å². The number of nitrogens with zero attached hydrogens (tertiary/aromatic N) is 4. The van der Waals surface area contributed by atoms with Crippen LogP contribution in [0.1, 0.15) is 37.0 Å². The maximum Gasteiger partial charge on any atom is 0.251 e. The third kappa shape index (κ3) is 3.63. The number of carbonyl (C=O) groups is 1. The molecular formula is C14H19N5O2. The Bertz CT molecular complexity index is 582. The van der Waals surface area contributed by atoms with Crippen molar-refractivity contribution in [1.82, 2.24) is 25.5 Å². The van der Waals surface area contributed by atoms with Gasteiger partial charge in [-0.1, -0.05) is 6.92 Å². The summed E-state index contributed by atoms with van der Waals surface area (Å²) in [6, 6.07) is 7.00. The first-order chi connectivity index (χ1) is 10.1. The highest BCUT2D eigenvalue weighted by atomic mass is 16.3. The van der Waals surface area contributed by atoms with Gasteiger partial charge in [-0.25, -0.2) is 4.68 Å². The summed E-state index contributed by atoms with van der Waals surface area (Å²) in [5.41, 5.74) is 0.940. The van der Waals surface area contributed by atoms with Crippen LogP contribution in [-0.2, 0) is 0 Å². The summed E-state index contributed by atoms with van der Waals surface area (Å²) in [4.78, 5) is 12.3. The molecule has 0 aliphatic heterocycles. The molecule has 1 heterocycles. The van der Waals surface area contributed by atoms with Crippen LogP contribution in [0.5, 0.6) is 0 Å². The van der Waals surface area contributed by atoms with E-state index in [9.17, 15) is 4.79 Å². The van der Waals surface area contributed by atoms with E-state index in [-0.39, 0.29) is 12.5 Å². The van der Waals surface area contributed by atoms with Crippen LogP contribution in [0, 0.1) is 0 Å². The zero-order valence-electron chi connectivity index (χ0n) is 12.2. The molecule has 0 aliphatic carbocycles. The van der Waals surface area contributed by atoms with Crippen LogP contribution in [0.3, 0.4) is 0 Å². The largest absolute Gasteiger partial charge is 0.396 e. The number of hydrogen-bond donors (Lipinski definition) is 2. The number of nitrogens with one attached hydrogen (secondary N) is 1. The number of aliphatic hydroxyl groups excluding tert-OH is 1. The summed E-state index contributed by atoms with van der Waals surface area (Å²) in [6.45, 7) is 3.95. The molecule has 7 heteroatoms. The van der Waals surface area contributed by atoms with E-state index in [1.165, 1.54) is 11.0 Å². The van der Waals surface area contributed by atoms with Crippen LogP contribution in [-0.4, -0.2) is 43.4 Å². The molecular weight excluding hydrogens is 270 g/mol. The van der Waals surface area contributed by atoms with Gasteiger partial charge in [-0.05, 0) is 54.5 Å². The fourth-order valence-electron chi connectivity index (χ4n) is 1.97. The molecule has 2 N–H and O–H groups in total. The van der Waals surface area contributed by atoms with Crippen molar-refractivity contribution in [2.24, 2.45) is 0 Å². The molecule has 21 heavy (non-hydrogen) atoms. The molecule has 1 atom stereocenters. The zero-order chi connectivity index (χ0) is 15.3. The van der Waals surface area contributed by atoms with Crippen molar-refractivity contribution >= 4 is 5.91 Å². The quantitative estimate of drug-likeness (QED) is 0.825. The molecule has 112 valence electrons. The molecule has 7 nitrogen and oxygen atoms in total. The van der Waals surface area contributed by atoms with E-state index in [0.29, 0.717) is 12.0 Å². The van der Waals surface area contributed by atoms with Crippen molar-refractivity contribution < 1.29 is 9.90 Å². The summed E-state index contributed by atoms with van der Waals surface area (Å²) < 4.78 is 1.52. The van der Waals surface area contributed by atoms with Crippen LogP contribution in [0.4, 0.5) is 0 Å². The van der Waals surface area contributed by atoms with Crippen molar-refractivity contribution in [1.29, 1.82) is 0 Å². The van der Waals surface area contributed by atoms with Gasteiger partial charge in [0.1, 0.15) is 6.33 Å². The third-order valence-corrected chi connectivity index (χ3v) is 3.60. The molecule has 0 saturated carbocycles. The average molecular weight is 289 g/mol. The van der Waals surface area contributed by atoms with E-state index in [2.05, 4.69) is 20.8 Å². The van der Waals surface area contributed by atoms with Crippen molar-refractivity contribution in [2.75, 3.05) is 6.61 Å².